The number of likely N-dealkylation sites (N-methyl/N-ethyl adjacent to an activating group) is 1. The van der Waals surface area contributed by atoms with Crippen LogP contribution >= 0.6 is 0 Å². The van der Waals surface area contributed by atoms with Crippen LogP contribution in [-0.2, 0) is 19.6 Å². The first kappa shape index (κ1) is 23.3. The van der Waals surface area contributed by atoms with Crippen LogP contribution in [0.15, 0.2) is 42.9 Å². The van der Waals surface area contributed by atoms with Crippen LogP contribution < -0.4 is 10.1 Å². The van der Waals surface area contributed by atoms with Crippen LogP contribution in [0.1, 0.15) is 29.4 Å². The Balaban J connectivity index is 1.42. The van der Waals surface area contributed by atoms with E-state index >= 15 is 4.39 Å². The molecular formula is C26H27FN8O2. The molecule has 1 aromatic carbocycles. The number of fused-ring (bicyclic) bond motifs is 6. The summed E-state index contributed by atoms with van der Waals surface area (Å²) in [6.45, 7) is 5.35. The lowest BCUT2D eigenvalue weighted by molar-refractivity contribution is 0.102. The molecule has 6 rings (SSSR count). The standard InChI is InChI=1S/C26H27FN8O2/c1-16-6-9-37-23-11-20(27)17(19-12-29-35-8-7-33(2)14-22(19)35)10-18(23)26(36)31-24-5-3-4-21(30-24)25-32-28-15-34(25)13-16/h3-5,10-12,15-16H,6-9,13-14H2,1-2H3,(H,30,31,36)/t16-/m1/s1. The molecule has 1 atom stereocenters. The maximum absolute atomic E-state index is 15.5. The number of carbonyl (C=O) groups excluding carboxylic acids is 1. The molecule has 0 saturated heterocycles. The van der Waals surface area contributed by atoms with Gasteiger partial charge in [0, 0.05) is 36.8 Å². The molecule has 0 unspecified atom stereocenters. The second kappa shape index (κ2) is 9.40. The second-order valence-corrected chi connectivity index (χ2v) is 9.71. The number of ether oxygens (including phenoxy) is 1. The number of carbonyl (C=O) groups is 1. The van der Waals surface area contributed by atoms with E-state index in [9.17, 15) is 4.79 Å². The maximum atomic E-state index is 15.5. The topological polar surface area (TPSA) is 103 Å². The Bertz CT molecular complexity index is 1480. The number of pyridine rings is 1. The number of anilines is 1. The highest BCUT2D eigenvalue weighted by atomic mass is 19.1. The minimum Gasteiger partial charge on any atom is -0.493 e. The summed E-state index contributed by atoms with van der Waals surface area (Å²) in [6.07, 6.45) is 4.04. The molecule has 0 spiro atoms. The monoisotopic (exact) mass is 502 g/mol. The van der Waals surface area contributed by atoms with Gasteiger partial charge in [-0.15, -0.1) is 10.2 Å². The first-order valence-corrected chi connectivity index (χ1v) is 12.3. The van der Waals surface area contributed by atoms with Gasteiger partial charge in [-0.1, -0.05) is 13.0 Å². The van der Waals surface area contributed by atoms with Crippen molar-refractivity contribution in [1.29, 1.82) is 0 Å². The van der Waals surface area contributed by atoms with E-state index in [0.717, 1.165) is 18.8 Å². The zero-order valence-electron chi connectivity index (χ0n) is 20.7. The average molecular weight is 503 g/mol. The van der Waals surface area contributed by atoms with Crippen LogP contribution in [0.4, 0.5) is 10.2 Å². The second-order valence-electron chi connectivity index (χ2n) is 9.71. The molecule has 4 aromatic rings. The fraction of sp³-hybridized carbons (Fsp3) is 0.346. The van der Waals surface area contributed by atoms with E-state index in [1.165, 1.54) is 6.07 Å². The molecule has 0 aliphatic carbocycles. The summed E-state index contributed by atoms with van der Waals surface area (Å²) in [5, 5.41) is 15.6. The fourth-order valence-corrected chi connectivity index (χ4v) is 4.85. The summed E-state index contributed by atoms with van der Waals surface area (Å²) in [4.78, 5) is 20.2. The minimum atomic E-state index is -0.459. The van der Waals surface area contributed by atoms with E-state index in [-0.39, 0.29) is 17.2 Å². The lowest BCUT2D eigenvalue weighted by Crippen LogP contribution is -2.30. The molecule has 190 valence electrons. The summed E-state index contributed by atoms with van der Waals surface area (Å²) >= 11 is 0. The van der Waals surface area contributed by atoms with Gasteiger partial charge in [-0.25, -0.2) is 9.37 Å². The Labute approximate surface area is 213 Å². The third kappa shape index (κ3) is 4.46. The highest BCUT2D eigenvalue weighted by Gasteiger charge is 2.25. The number of nitrogens with zero attached hydrogens (tertiary/aromatic N) is 7. The van der Waals surface area contributed by atoms with Crippen molar-refractivity contribution in [3.63, 3.8) is 0 Å². The van der Waals surface area contributed by atoms with Crippen molar-refractivity contribution in [2.24, 2.45) is 5.92 Å². The summed E-state index contributed by atoms with van der Waals surface area (Å²) < 4.78 is 25.3. The first-order chi connectivity index (χ1) is 18.0. The SMILES string of the molecule is C[C@@H]1CCOc2cc(F)c(-c3cnn4c3CN(C)CC4)cc2C(=O)Nc2cccc(n2)-c2nncn2C1. The van der Waals surface area contributed by atoms with E-state index in [1.807, 2.05) is 22.4 Å². The van der Waals surface area contributed by atoms with Gasteiger partial charge in [-0.2, -0.15) is 5.10 Å². The van der Waals surface area contributed by atoms with E-state index < -0.39 is 11.7 Å². The Morgan fingerprint density at radius 2 is 2.05 bits per heavy atom. The van der Waals surface area contributed by atoms with Crippen LogP contribution in [-0.4, -0.2) is 60.5 Å². The molecular weight excluding hydrogens is 475 g/mol. The largest absolute Gasteiger partial charge is 0.493 e. The Kier molecular flexibility index (Phi) is 5.91. The number of halogens is 1. The van der Waals surface area contributed by atoms with Gasteiger partial charge in [0.25, 0.3) is 5.91 Å². The molecule has 3 aromatic heterocycles. The predicted octanol–water partition coefficient (Wildman–Crippen LogP) is 3.46. The predicted molar refractivity (Wildman–Crippen MR) is 134 cm³/mol. The molecule has 2 aliphatic rings. The number of amides is 1. The molecule has 5 heterocycles. The Hall–Kier alpha value is -4.12. The van der Waals surface area contributed by atoms with Crippen molar-refractivity contribution in [2.45, 2.75) is 33.0 Å². The molecule has 2 aliphatic heterocycles. The van der Waals surface area contributed by atoms with Crippen molar-refractivity contribution in [1.82, 2.24) is 34.4 Å². The normalized spacial score (nSPS) is 18.1. The quantitative estimate of drug-likeness (QED) is 0.425. The fourth-order valence-electron chi connectivity index (χ4n) is 4.85. The number of hydrogen-bond acceptors (Lipinski definition) is 7. The van der Waals surface area contributed by atoms with Gasteiger partial charge in [0.2, 0.25) is 0 Å². The smallest absolute Gasteiger partial charge is 0.260 e. The van der Waals surface area contributed by atoms with Crippen molar-refractivity contribution in [3.8, 4) is 28.4 Å². The molecule has 0 radical (unpaired) electrons. The van der Waals surface area contributed by atoms with Crippen LogP contribution in [0.25, 0.3) is 22.6 Å². The van der Waals surface area contributed by atoms with Crippen molar-refractivity contribution < 1.29 is 13.9 Å². The van der Waals surface area contributed by atoms with Crippen LogP contribution in [0.5, 0.6) is 5.75 Å². The number of nitrogens with one attached hydrogen (secondary N) is 1. The van der Waals surface area contributed by atoms with Crippen molar-refractivity contribution in [2.75, 3.05) is 25.5 Å². The van der Waals surface area contributed by atoms with Gasteiger partial charge < -0.3 is 14.6 Å². The summed E-state index contributed by atoms with van der Waals surface area (Å²) in [5.74, 6) is 0.496. The third-order valence-corrected chi connectivity index (χ3v) is 6.88. The molecule has 0 saturated carbocycles. The van der Waals surface area contributed by atoms with Crippen LogP contribution in [0, 0.1) is 11.7 Å². The Morgan fingerprint density at radius 3 is 2.95 bits per heavy atom. The highest BCUT2D eigenvalue weighted by molar-refractivity contribution is 6.06. The molecule has 0 fully saturated rings. The number of aromatic nitrogens is 6. The molecule has 10 nitrogen and oxygen atoms in total. The van der Waals surface area contributed by atoms with E-state index in [0.29, 0.717) is 54.6 Å². The highest BCUT2D eigenvalue weighted by Crippen LogP contribution is 2.34. The number of hydrogen-bond donors (Lipinski definition) is 1. The molecule has 1 N–H and O–H groups in total. The molecule has 1 amide bonds. The minimum absolute atomic E-state index is 0.197. The third-order valence-electron chi connectivity index (χ3n) is 6.88. The van der Waals surface area contributed by atoms with Gasteiger partial charge in [-0.05, 0) is 37.6 Å². The number of rotatable bonds is 1. The van der Waals surface area contributed by atoms with Gasteiger partial charge in [0.1, 0.15) is 29.4 Å². The molecule has 2 bridgehead atoms. The zero-order chi connectivity index (χ0) is 25.5. The van der Waals surface area contributed by atoms with Crippen LogP contribution in [0.2, 0.25) is 0 Å². The van der Waals surface area contributed by atoms with Gasteiger partial charge in [0.15, 0.2) is 5.82 Å². The average Bonchev–Trinajstić information content (AvgIpc) is 3.50. The van der Waals surface area contributed by atoms with Gasteiger partial charge >= 0.3 is 0 Å². The zero-order valence-corrected chi connectivity index (χ0v) is 20.7. The van der Waals surface area contributed by atoms with E-state index in [2.05, 4.69) is 37.4 Å². The van der Waals surface area contributed by atoms with Gasteiger partial charge in [-0.3, -0.25) is 14.4 Å². The van der Waals surface area contributed by atoms with Gasteiger partial charge in [0.05, 0.1) is 30.6 Å². The molecule has 11 heteroatoms. The lowest BCUT2D eigenvalue weighted by Gasteiger charge is -2.24. The summed E-state index contributed by atoms with van der Waals surface area (Å²) in [7, 11) is 2.02. The maximum Gasteiger partial charge on any atom is 0.260 e. The number of benzene rings is 1. The van der Waals surface area contributed by atoms with E-state index in [1.54, 1.807) is 30.7 Å². The lowest BCUT2D eigenvalue weighted by atomic mass is 10.0. The summed E-state index contributed by atoms with van der Waals surface area (Å²) in [6, 6.07) is 8.19. The molecule has 37 heavy (non-hydrogen) atoms. The van der Waals surface area contributed by atoms with Crippen molar-refractivity contribution >= 4 is 11.7 Å². The Morgan fingerprint density at radius 1 is 1.16 bits per heavy atom. The van der Waals surface area contributed by atoms with Crippen molar-refractivity contribution in [3.05, 3.63) is 59.9 Å². The van der Waals surface area contributed by atoms with Crippen LogP contribution in [0.3, 0.4) is 0 Å². The summed E-state index contributed by atoms with van der Waals surface area (Å²) in [5.41, 5.74) is 2.75. The first-order valence-electron chi connectivity index (χ1n) is 12.3. The van der Waals surface area contributed by atoms with E-state index in [4.69, 9.17) is 4.74 Å².